The summed E-state index contributed by atoms with van der Waals surface area (Å²) >= 11 is 8.08. The maximum absolute atomic E-state index is 11.8. The molecule has 0 heterocycles. The summed E-state index contributed by atoms with van der Waals surface area (Å²) in [5.41, 5.74) is 6.90. The monoisotopic (exact) mass is 415 g/mol. The van der Waals surface area contributed by atoms with Gasteiger partial charge in [0, 0.05) is 14.9 Å². The second-order valence-corrected chi connectivity index (χ2v) is 5.81. The lowest BCUT2D eigenvalue weighted by Gasteiger charge is -2.08. The van der Waals surface area contributed by atoms with Crippen LogP contribution < -0.4 is 16.4 Å². The first-order chi connectivity index (χ1) is 9.95. The van der Waals surface area contributed by atoms with E-state index in [2.05, 4.69) is 33.2 Å². The number of nitrogens with one attached hydrogen (secondary N) is 2. The highest BCUT2D eigenvalue weighted by Gasteiger charge is 2.15. The summed E-state index contributed by atoms with van der Waals surface area (Å²) in [6.07, 6.45) is 0. The predicted molar refractivity (Wildman–Crippen MR) is 92.3 cm³/mol. The second kappa shape index (κ2) is 6.77. The van der Waals surface area contributed by atoms with Crippen LogP contribution in [-0.2, 0) is 9.59 Å². The van der Waals surface area contributed by atoms with Crippen molar-refractivity contribution in [3.8, 4) is 0 Å². The van der Waals surface area contributed by atoms with Gasteiger partial charge in [-0.15, -0.1) is 0 Å². The highest BCUT2D eigenvalue weighted by molar-refractivity contribution is 14.1. The van der Waals surface area contributed by atoms with E-state index in [-0.39, 0.29) is 5.02 Å². The Morgan fingerprint density at radius 3 is 2.24 bits per heavy atom. The summed E-state index contributed by atoms with van der Waals surface area (Å²) in [5, 5.41) is 5.20. The molecular weight excluding hydrogens is 405 g/mol. The molecule has 0 aliphatic heterocycles. The first-order valence-corrected chi connectivity index (χ1v) is 7.34. The van der Waals surface area contributed by atoms with Gasteiger partial charge < -0.3 is 16.4 Å². The van der Waals surface area contributed by atoms with Gasteiger partial charge in [0.15, 0.2) is 0 Å². The fraction of sp³-hybridized carbons (Fsp3) is 0. The molecule has 0 unspecified atom stereocenters. The number of amides is 2. The molecule has 0 spiro atoms. The minimum atomic E-state index is -0.805. The van der Waals surface area contributed by atoms with Crippen LogP contribution in [0.2, 0.25) is 5.02 Å². The van der Waals surface area contributed by atoms with Crippen LogP contribution in [0.5, 0.6) is 0 Å². The molecule has 108 valence electrons. The Labute approximate surface area is 140 Å². The topological polar surface area (TPSA) is 84.2 Å². The van der Waals surface area contributed by atoms with Crippen LogP contribution in [0, 0.1) is 3.57 Å². The van der Waals surface area contributed by atoms with Gasteiger partial charge in [0.05, 0.1) is 10.7 Å². The number of anilines is 3. The van der Waals surface area contributed by atoms with Gasteiger partial charge in [-0.3, -0.25) is 9.59 Å². The molecule has 21 heavy (non-hydrogen) atoms. The first-order valence-electron chi connectivity index (χ1n) is 5.88. The van der Waals surface area contributed by atoms with Crippen LogP contribution in [0.3, 0.4) is 0 Å². The Bertz CT molecular complexity index is 689. The zero-order chi connectivity index (χ0) is 15.4. The summed E-state index contributed by atoms with van der Waals surface area (Å²) in [6, 6.07) is 11.7. The zero-order valence-electron chi connectivity index (χ0n) is 10.7. The number of hydrogen-bond donors (Lipinski definition) is 3. The highest BCUT2D eigenvalue weighted by Crippen LogP contribution is 2.24. The number of rotatable bonds is 2. The standard InChI is InChI=1S/C14H11ClIN3O2/c15-11-7-9(17)3-6-12(11)19-14(21)13(20)18-10-4-1-8(16)2-5-10/h1-7H,17H2,(H,18,20)(H,19,21). The first kappa shape index (κ1) is 15.6. The zero-order valence-corrected chi connectivity index (χ0v) is 13.6. The molecule has 2 amide bonds. The molecule has 7 heteroatoms. The number of hydrogen-bond acceptors (Lipinski definition) is 3. The largest absolute Gasteiger partial charge is 0.399 e. The lowest BCUT2D eigenvalue weighted by atomic mass is 10.3. The Balaban J connectivity index is 2.02. The molecule has 2 aromatic carbocycles. The van der Waals surface area contributed by atoms with Crippen molar-refractivity contribution >= 4 is 63.1 Å². The van der Waals surface area contributed by atoms with E-state index in [0.717, 1.165) is 3.57 Å². The van der Waals surface area contributed by atoms with E-state index in [1.165, 1.54) is 12.1 Å². The van der Waals surface area contributed by atoms with Gasteiger partial charge >= 0.3 is 11.8 Å². The Morgan fingerprint density at radius 1 is 1.00 bits per heavy atom. The SMILES string of the molecule is Nc1ccc(NC(=O)C(=O)Nc2ccc(I)cc2)c(Cl)c1. The number of nitrogen functional groups attached to an aromatic ring is 1. The van der Waals surface area contributed by atoms with Crippen molar-refractivity contribution < 1.29 is 9.59 Å². The quantitative estimate of drug-likeness (QED) is 0.400. The Morgan fingerprint density at radius 2 is 1.62 bits per heavy atom. The van der Waals surface area contributed by atoms with Crippen molar-refractivity contribution in [2.24, 2.45) is 0 Å². The van der Waals surface area contributed by atoms with Crippen molar-refractivity contribution in [2.45, 2.75) is 0 Å². The number of carbonyl (C=O) groups is 2. The van der Waals surface area contributed by atoms with E-state index in [1.807, 2.05) is 12.1 Å². The number of halogens is 2. The molecule has 2 rings (SSSR count). The number of nitrogens with two attached hydrogens (primary N) is 1. The van der Waals surface area contributed by atoms with Crippen LogP contribution in [0.4, 0.5) is 17.1 Å². The van der Waals surface area contributed by atoms with Gasteiger partial charge in [0.1, 0.15) is 0 Å². The molecule has 2 aromatic rings. The lowest BCUT2D eigenvalue weighted by Crippen LogP contribution is -2.29. The fourth-order valence-corrected chi connectivity index (χ4v) is 2.13. The molecule has 0 aliphatic rings. The van der Waals surface area contributed by atoms with E-state index in [4.69, 9.17) is 17.3 Å². The lowest BCUT2D eigenvalue weighted by molar-refractivity contribution is -0.132. The molecule has 0 atom stereocenters. The van der Waals surface area contributed by atoms with Crippen molar-refractivity contribution in [3.63, 3.8) is 0 Å². The molecule has 0 radical (unpaired) electrons. The number of carbonyl (C=O) groups excluding carboxylic acids is 2. The predicted octanol–water partition coefficient (Wildman–Crippen LogP) is 3.10. The highest BCUT2D eigenvalue weighted by atomic mass is 127. The maximum atomic E-state index is 11.8. The van der Waals surface area contributed by atoms with Crippen LogP contribution in [0.25, 0.3) is 0 Å². The summed E-state index contributed by atoms with van der Waals surface area (Å²) < 4.78 is 1.03. The van der Waals surface area contributed by atoms with E-state index >= 15 is 0 Å². The summed E-state index contributed by atoms with van der Waals surface area (Å²) in [6.45, 7) is 0. The van der Waals surface area contributed by atoms with Crippen LogP contribution in [-0.4, -0.2) is 11.8 Å². The third-order valence-electron chi connectivity index (χ3n) is 2.55. The summed E-state index contributed by atoms with van der Waals surface area (Å²) in [7, 11) is 0. The van der Waals surface area contributed by atoms with Crippen molar-refractivity contribution in [1.82, 2.24) is 0 Å². The maximum Gasteiger partial charge on any atom is 0.314 e. The van der Waals surface area contributed by atoms with E-state index < -0.39 is 11.8 Å². The van der Waals surface area contributed by atoms with Gasteiger partial charge in [-0.1, -0.05) is 11.6 Å². The number of benzene rings is 2. The molecule has 0 aromatic heterocycles. The van der Waals surface area contributed by atoms with Crippen LogP contribution in [0.15, 0.2) is 42.5 Å². The minimum Gasteiger partial charge on any atom is -0.399 e. The van der Waals surface area contributed by atoms with Crippen LogP contribution in [0.1, 0.15) is 0 Å². The average Bonchev–Trinajstić information content (AvgIpc) is 2.44. The van der Waals surface area contributed by atoms with E-state index in [9.17, 15) is 9.59 Å². The van der Waals surface area contributed by atoms with Crippen LogP contribution >= 0.6 is 34.2 Å². The van der Waals surface area contributed by atoms with Gasteiger partial charge in [-0.05, 0) is 65.1 Å². The molecule has 4 N–H and O–H groups in total. The van der Waals surface area contributed by atoms with E-state index in [0.29, 0.717) is 17.1 Å². The van der Waals surface area contributed by atoms with E-state index in [1.54, 1.807) is 18.2 Å². The fourth-order valence-electron chi connectivity index (χ4n) is 1.53. The average molecular weight is 416 g/mol. The van der Waals surface area contributed by atoms with Crippen molar-refractivity contribution in [2.75, 3.05) is 16.4 Å². The van der Waals surface area contributed by atoms with Gasteiger partial charge in [-0.25, -0.2) is 0 Å². The second-order valence-electron chi connectivity index (χ2n) is 4.15. The molecule has 0 saturated heterocycles. The molecular formula is C14H11ClIN3O2. The van der Waals surface area contributed by atoms with Gasteiger partial charge in [0.25, 0.3) is 0 Å². The minimum absolute atomic E-state index is 0.269. The summed E-state index contributed by atoms with van der Waals surface area (Å²) in [5.74, 6) is -1.58. The Hall–Kier alpha value is -1.80. The Kier molecular flexibility index (Phi) is 5.03. The third-order valence-corrected chi connectivity index (χ3v) is 3.58. The summed E-state index contributed by atoms with van der Waals surface area (Å²) in [4.78, 5) is 23.6. The molecule has 0 saturated carbocycles. The smallest absolute Gasteiger partial charge is 0.314 e. The van der Waals surface area contributed by atoms with Crippen molar-refractivity contribution in [3.05, 3.63) is 51.1 Å². The molecule has 5 nitrogen and oxygen atoms in total. The third kappa shape index (κ3) is 4.33. The van der Waals surface area contributed by atoms with Gasteiger partial charge in [-0.2, -0.15) is 0 Å². The molecule has 0 bridgehead atoms. The molecule has 0 aliphatic carbocycles. The normalized spacial score (nSPS) is 10.0. The van der Waals surface area contributed by atoms with Crippen molar-refractivity contribution in [1.29, 1.82) is 0 Å². The molecule has 0 fully saturated rings. The van der Waals surface area contributed by atoms with Gasteiger partial charge in [0.2, 0.25) is 0 Å².